The predicted octanol–water partition coefficient (Wildman–Crippen LogP) is 5.85. The number of aryl methyl sites for hydroxylation is 1. The van der Waals surface area contributed by atoms with Crippen molar-refractivity contribution in [3.63, 3.8) is 0 Å². The molecule has 2 bridgehead atoms. The molecular formula is C38H45N5O5S. The van der Waals surface area contributed by atoms with E-state index >= 15 is 0 Å². The number of piperidine rings is 3. The number of imidazole rings is 1. The summed E-state index contributed by atoms with van der Waals surface area (Å²) in [6, 6.07) is 13.5. The number of benzene rings is 2. The maximum atomic E-state index is 12.6. The molecular weight excluding hydrogens is 639 g/mol. The number of rotatable bonds is 9. The second kappa shape index (κ2) is 14.3. The summed E-state index contributed by atoms with van der Waals surface area (Å²) < 4.78 is 29.5. The van der Waals surface area contributed by atoms with Crippen molar-refractivity contribution in [2.45, 2.75) is 49.7 Å². The number of nitrogens with zero attached hydrogens (tertiary/aromatic N) is 5. The molecule has 3 aliphatic heterocycles. The zero-order valence-electron chi connectivity index (χ0n) is 29.1. The summed E-state index contributed by atoms with van der Waals surface area (Å²) >= 11 is 0. The van der Waals surface area contributed by atoms with E-state index < -0.39 is 16.9 Å². The molecule has 2 aromatic carbocycles. The third-order valence-corrected chi connectivity index (χ3v) is 11.5. The van der Waals surface area contributed by atoms with Crippen LogP contribution in [-0.4, -0.2) is 76.3 Å². The molecule has 3 fully saturated rings. The van der Waals surface area contributed by atoms with E-state index in [1.54, 1.807) is 51.9 Å². The number of aromatic nitrogens is 4. The van der Waals surface area contributed by atoms with Gasteiger partial charge in [0, 0.05) is 52.8 Å². The molecule has 0 spiro atoms. The third-order valence-electron chi connectivity index (χ3n) is 10.4. The van der Waals surface area contributed by atoms with Gasteiger partial charge in [-0.2, -0.15) is 0 Å². The fourth-order valence-electron chi connectivity index (χ4n) is 7.58. The topological polar surface area (TPSA) is 118 Å². The van der Waals surface area contributed by atoms with E-state index in [-0.39, 0.29) is 11.8 Å². The van der Waals surface area contributed by atoms with Gasteiger partial charge in [-0.25, -0.2) is 0 Å². The van der Waals surface area contributed by atoms with Gasteiger partial charge in [0.05, 0.1) is 69.2 Å². The van der Waals surface area contributed by atoms with E-state index in [4.69, 9.17) is 14.2 Å². The van der Waals surface area contributed by atoms with Gasteiger partial charge in [-0.3, -0.25) is 14.2 Å². The fourth-order valence-corrected chi connectivity index (χ4v) is 8.65. The zero-order chi connectivity index (χ0) is 34.9. The summed E-state index contributed by atoms with van der Waals surface area (Å²) in [7, 11) is 5.79. The number of aliphatic hydroxyl groups is 1. The molecule has 5 aromatic rings. The lowest BCUT2D eigenvalue weighted by Crippen LogP contribution is -2.66. The first-order chi connectivity index (χ1) is 23.6. The Balaban J connectivity index is 0.000000170. The Kier molecular flexibility index (Phi) is 10.1. The Morgan fingerprint density at radius 3 is 2.53 bits per heavy atom. The molecule has 11 heteroatoms. The number of hydrogen-bond acceptors (Lipinski definition) is 8. The molecule has 3 saturated heterocycles. The summed E-state index contributed by atoms with van der Waals surface area (Å²) in [5.41, 5.74) is 5.81. The van der Waals surface area contributed by atoms with Crippen molar-refractivity contribution in [1.29, 1.82) is 0 Å². The number of aliphatic hydroxyl groups excluding tert-OH is 1. The Hall–Kier alpha value is -4.32. The summed E-state index contributed by atoms with van der Waals surface area (Å²) in [5.74, 6) is 3.74. The quantitative estimate of drug-likeness (QED) is 0.151. The molecule has 49 heavy (non-hydrogen) atoms. The minimum atomic E-state index is -1.38. The molecule has 3 aliphatic rings. The van der Waals surface area contributed by atoms with E-state index in [1.165, 1.54) is 6.42 Å². The molecule has 0 radical (unpaired) electrons. The Bertz CT molecular complexity index is 2010. The lowest BCUT2D eigenvalue weighted by molar-refractivity contribution is -0.956. The van der Waals surface area contributed by atoms with E-state index in [0.717, 1.165) is 68.8 Å². The first-order valence-electron chi connectivity index (χ1n) is 16.5. The third kappa shape index (κ3) is 6.79. The van der Waals surface area contributed by atoms with Gasteiger partial charge < -0.3 is 33.8 Å². The molecule has 0 aliphatic carbocycles. The van der Waals surface area contributed by atoms with Crippen LogP contribution in [-0.2, 0) is 16.6 Å². The number of quaternary nitrogens is 1. The lowest BCUT2D eigenvalue weighted by atomic mass is 9.72. The second-order valence-corrected chi connectivity index (χ2v) is 14.6. The molecule has 6 heterocycles. The van der Waals surface area contributed by atoms with Gasteiger partial charge >= 0.3 is 0 Å². The number of methoxy groups -OCH3 is 3. The maximum Gasteiger partial charge on any atom is 0.131 e. The number of hydrogen-bond donors (Lipinski definition) is 1. The van der Waals surface area contributed by atoms with Crippen LogP contribution in [0.3, 0.4) is 0 Å². The van der Waals surface area contributed by atoms with Gasteiger partial charge in [-0.1, -0.05) is 12.1 Å². The van der Waals surface area contributed by atoms with Crippen LogP contribution in [0.15, 0.2) is 72.7 Å². The van der Waals surface area contributed by atoms with Crippen molar-refractivity contribution in [2.24, 2.45) is 11.8 Å². The fraction of sp³-hybridized carbons (Fsp3) is 0.395. The first-order valence-corrected chi connectivity index (χ1v) is 17.8. The van der Waals surface area contributed by atoms with Gasteiger partial charge in [-0.15, -0.1) is 6.58 Å². The van der Waals surface area contributed by atoms with Gasteiger partial charge in [0.1, 0.15) is 29.4 Å². The van der Waals surface area contributed by atoms with Gasteiger partial charge in [-0.05, 0) is 72.8 Å². The van der Waals surface area contributed by atoms with Gasteiger partial charge in [0.25, 0.3) is 0 Å². The Morgan fingerprint density at radius 2 is 1.82 bits per heavy atom. The molecule has 0 saturated carbocycles. The van der Waals surface area contributed by atoms with Gasteiger partial charge in [0.2, 0.25) is 0 Å². The van der Waals surface area contributed by atoms with Crippen LogP contribution in [0.25, 0.3) is 21.9 Å². The normalized spacial score (nSPS) is 22.6. The predicted molar refractivity (Wildman–Crippen MR) is 191 cm³/mol. The number of fused-ring (bicyclic) bond motifs is 5. The Morgan fingerprint density at radius 1 is 1.06 bits per heavy atom. The highest BCUT2D eigenvalue weighted by Crippen LogP contribution is 2.46. The average molecular weight is 684 g/mol. The molecule has 0 amide bonds. The summed E-state index contributed by atoms with van der Waals surface area (Å²) in [6.07, 6.45) is 7.46. The molecule has 258 valence electrons. The maximum absolute atomic E-state index is 12.6. The van der Waals surface area contributed by atoms with Crippen molar-refractivity contribution in [3.05, 3.63) is 89.9 Å². The van der Waals surface area contributed by atoms with Crippen LogP contribution in [0, 0.1) is 25.7 Å². The van der Waals surface area contributed by atoms with Crippen LogP contribution in [0.2, 0.25) is 0 Å². The van der Waals surface area contributed by atoms with Crippen molar-refractivity contribution in [2.75, 3.05) is 41.5 Å². The van der Waals surface area contributed by atoms with Crippen LogP contribution >= 0.6 is 0 Å². The van der Waals surface area contributed by atoms with E-state index in [1.807, 2.05) is 38.1 Å². The minimum Gasteiger partial charge on any atom is -0.497 e. The molecule has 10 nitrogen and oxygen atoms in total. The van der Waals surface area contributed by atoms with Crippen molar-refractivity contribution in [3.8, 4) is 17.2 Å². The lowest BCUT2D eigenvalue weighted by Gasteiger charge is -2.56. The highest BCUT2D eigenvalue weighted by molar-refractivity contribution is 7.84. The van der Waals surface area contributed by atoms with E-state index in [0.29, 0.717) is 33.8 Å². The smallest absolute Gasteiger partial charge is 0.131 e. The van der Waals surface area contributed by atoms with Crippen LogP contribution in [0.5, 0.6) is 17.2 Å². The van der Waals surface area contributed by atoms with Crippen molar-refractivity contribution >= 4 is 32.7 Å². The molecule has 8 rings (SSSR count). The highest BCUT2D eigenvalue weighted by Gasteiger charge is 2.51. The largest absolute Gasteiger partial charge is 0.497 e. The standard InChI is InChI=1S/C21H27N2O2.C17H18N3O3S/c1-4-14-13-23(2)10-8-15(14)11-20(23)21(24)17-7-9-22-19-6-5-16(25-3)12-18(17)19;1-10-8-18-15(11(2)16(10)23-4)9-24(21)17-19-13-6-5-12(22-3)7-14(13)20-17/h4-7,9,12,14-15,20-21,24H,1,8,10-11,13H2,2-3H3;5-8H,9H2,1-4H3/q+1;-1/t14?,15?,20-,21-,23?;/m0./s1. The monoisotopic (exact) mass is 683 g/mol. The molecule has 4 unspecified atom stereocenters. The first kappa shape index (κ1) is 34.5. The number of ether oxygens (including phenoxy) is 3. The summed E-state index contributed by atoms with van der Waals surface area (Å²) in [5, 5.41) is 12.6. The highest BCUT2D eigenvalue weighted by atomic mass is 32.2. The molecule has 3 aromatic heterocycles. The van der Waals surface area contributed by atoms with E-state index in [9.17, 15) is 9.32 Å². The van der Waals surface area contributed by atoms with E-state index in [2.05, 4.69) is 39.6 Å². The minimum absolute atomic E-state index is 0.228. The van der Waals surface area contributed by atoms with Crippen LogP contribution in [0.4, 0.5) is 0 Å². The summed E-state index contributed by atoms with van der Waals surface area (Å²) in [4.78, 5) is 17.5. The Labute approximate surface area is 290 Å². The van der Waals surface area contributed by atoms with Crippen molar-refractivity contribution < 1.29 is 28.0 Å². The average Bonchev–Trinajstić information content (AvgIpc) is 3.56. The molecule has 6 atom stereocenters. The number of likely N-dealkylation sites (N-methyl/N-ethyl adjacent to an activating group) is 1. The van der Waals surface area contributed by atoms with Crippen LogP contribution < -0.4 is 19.2 Å². The van der Waals surface area contributed by atoms with Gasteiger partial charge in [0.15, 0.2) is 0 Å². The van der Waals surface area contributed by atoms with Crippen molar-refractivity contribution in [1.82, 2.24) is 19.9 Å². The summed E-state index contributed by atoms with van der Waals surface area (Å²) in [6.45, 7) is 10.1. The second-order valence-electron chi connectivity index (χ2n) is 13.3. The number of pyridine rings is 2. The molecule has 1 N–H and O–H groups in total. The zero-order valence-corrected chi connectivity index (χ0v) is 29.9. The SMILES string of the molecule is C=CC1C[N+]2(C)CCC1C[C@H]2[C@@H](O)c1ccnc2ccc(OC)cc12.COc1ccc2[n-]c(S(=O)Cc3ncc(C)c(OC)c3C)nc2c1. The van der Waals surface area contributed by atoms with Crippen LogP contribution in [0.1, 0.15) is 41.3 Å².